The minimum atomic E-state index is 0.779. The summed E-state index contributed by atoms with van der Waals surface area (Å²) in [5.41, 5.74) is 5.56. The van der Waals surface area contributed by atoms with Crippen molar-refractivity contribution >= 4 is 22.8 Å². The number of nitrogens with zero attached hydrogens (tertiary/aromatic N) is 6. The average molecular weight is 353 g/mol. The molecule has 26 heavy (non-hydrogen) atoms. The van der Waals surface area contributed by atoms with Crippen molar-refractivity contribution in [1.29, 1.82) is 0 Å². The number of hydrogen-bond acceptors (Lipinski definition) is 5. The van der Waals surface area contributed by atoms with Crippen LogP contribution in [-0.2, 0) is 13.6 Å². The first kappa shape index (κ1) is 16.9. The number of aromatic amines is 1. The number of rotatable bonds is 4. The van der Waals surface area contributed by atoms with Gasteiger partial charge in [0.2, 0.25) is 5.95 Å². The van der Waals surface area contributed by atoms with E-state index in [0.29, 0.717) is 0 Å². The van der Waals surface area contributed by atoms with Crippen molar-refractivity contribution in [3.8, 4) is 0 Å². The van der Waals surface area contributed by atoms with Gasteiger partial charge in [-0.15, -0.1) is 0 Å². The molecule has 0 bridgehead atoms. The molecular formula is C19H27N7. The lowest BCUT2D eigenvalue weighted by Gasteiger charge is -2.22. The fourth-order valence-electron chi connectivity index (χ4n) is 3.82. The van der Waals surface area contributed by atoms with E-state index in [1.54, 1.807) is 0 Å². The second-order valence-electron chi connectivity index (χ2n) is 7.39. The van der Waals surface area contributed by atoms with Crippen molar-refractivity contribution in [2.24, 2.45) is 7.05 Å². The van der Waals surface area contributed by atoms with Crippen LogP contribution in [-0.4, -0.2) is 44.9 Å². The van der Waals surface area contributed by atoms with Gasteiger partial charge < -0.3 is 14.8 Å². The topological polar surface area (TPSA) is 65.9 Å². The zero-order valence-electron chi connectivity index (χ0n) is 16.3. The van der Waals surface area contributed by atoms with E-state index in [0.717, 1.165) is 53.8 Å². The summed E-state index contributed by atoms with van der Waals surface area (Å²) in [4.78, 5) is 17.6. The van der Waals surface area contributed by atoms with Gasteiger partial charge in [0.1, 0.15) is 11.5 Å². The van der Waals surface area contributed by atoms with E-state index in [9.17, 15) is 0 Å². The molecule has 0 unspecified atom stereocenters. The van der Waals surface area contributed by atoms with Crippen LogP contribution in [0.15, 0.2) is 6.07 Å². The largest absolute Gasteiger partial charge is 0.354 e. The predicted molar refractivity (Wildman–Crippen MR) is 105 cm³/mol. The summed E-state index contributed by atoms with van der Waals surface area (Å²) in [6.45, 7) is 9.11. The number of aromatic nitrogens is 5. The Kier molecular flexibility index (Phi) is 4.09. The Morgan fingerprint density at radius 3 is 2.54 bits per heavy atom. The Hall–Kier alpha value is -2.57. The molecule has 3 aromatic rings. The normalized spacial score (nSPS) is 14.6. The molecule has 0 amide bonds. The maximum atomic E-state index is 4.95. The molecule has 4 rings (SSSR count). The highest BCUT2D eigenvalue weighted by Crippen LogP contribution is 2.29. The maximum absolute atomic E-state index is 4.95. The predicted octanol–water partition coefficient (Wildman–Crippen LogP) is 2.85. The quantitative estimate of drug-likeness (QED) is 0.781. The van der Waals surface area contributed by atoms with Gasteiger partial charge in [-0.05, 0) is 39.7 Å². The molecule has 138 valence electrons. The van der Waals surface area contributed by atoms with Crippen molar-refractivity contribution in [3.63, 3.8) is 0 Å². The van der Waals surface area contributed by atoms with Crippen LogP contribution < -0.4 is 9.80 Å². The third-order valence-corrected chi connectivity index (χ3v) is 5.39. The third kappa shape index (κ3) is 2.81. The van der Waals surface area contributed by atoms with Gasteiger partial charge in [-0.2, -0.15) is 15.1 Å². The Morgan fingerprint density at radius 1 is 1.15 bits per heavy atom. The van der Waals surface area contributed by atoms with Gasteiger partial charge in [0.15, 0.2) is 0 Å². The van der Waals surface area contributed by atoms with Crippen molar-refractivity contribution in [3.05, 3.63) is 28.7 Å². The standard InChI is InChI=1S/C19H27N7/c1-12-10-15-17(20-12)21-19(26-8-6-7-9-26)22-18(15)24(4)11-16-13(2)23-25(5)14(16)3/h10H,6-9,11H2,1-5H3,(H,20,21,22). The average Bonchev–Trinajstić information content (AvgIpc) is 3.30. The number of anilines is 2. The van der Waals surface area contributed by atoms with Gasteiger partial charge in [0.05, 0.1) is 11.1 Å². The van der Waals surface area contributed by atoms with Crippen LogP contribution in [0.4, 0.5) is 11.8 Å². The molecule has 0 saturated carbocycles. The Morgan fingerprint density at radius 2 is 1.88 bits per heavy atom. The molecule has 0 atom stereocenters. The second-order valence-corrected chi connectivity index (χ2v) is 7.39. The van der Waals surface area contributed by atoms with E-state index in [4.69, 9.17) is 9.97 Å². The van der Waals surface area contributed by atoms with Crippen LogP contribution >= 0.6 is 0 Å². The second kappa shape index (κ2) is 6.30. The Labute approximate surface area is 154 Å². The highest BCUT2D eigenvalue weighted by molar-refractivity contribution is 5.89. The molecule has 1 aliphatic rings. The summed E-state index contributed by atoms with van der Waals surface area (Å²) in [6, 6.07) is 2.14. The van der Waals surface area contributed by atoms with Crippen LogP contribution in [0, 0.1) is 20.8 Å². The zero-order valence-corrected chi connectivity index (χ0v) is 16.3. The maximum Gasteiger partial charge on any atom is 0.229 e. The number of aryl methyl sites for hydroxylation is 3. The zero-order chi connectivity index (χ0) is 18.4. The minimum absolute atomic E-state index is 0.779. The van der Waals surface area contributed by atoms with Gasteiger partial charge in [0.25, 0.3) is 0 Å². The molecule has 1 saturated heterocycles. The van der Waals surface area contributed by atoms with Crippen LogP contribution in [0.3, 0.4) is 0 Å². The third-order valence-electron chi connectivity index (χ3n) is 5.39. The van der Waals surface area contributed by atoms with Gasteiger partial charge in [-0.25, -0.2) is 0 Å². The molecule has 4 heterocycles. The van der Waals surface area contributed by atoms with E-state index >= 15 is 0 Å². The highest BCUT2D eigenvalue weighted by Gasteiger charge is 2.21. The smallest absolute Gasteiger partial charge is 0.229 e. The Bertz CT molecular complexity index is 947. The summed E-state index contributed by atoms with van der Waals surface area (Å²) in [5.74, 6) is 1.81. The number of fused-ring (bicyclic) bond motifs is 1. The first-order valence-electron chi connectivity index (χ1n) is 9.26. The van der Waals surface area contributed by atoms with Gasteiger partial charge >= 0.3 is 0 Å². The van der Waals surface area contributed by atoms with Gasteiger partial charge in [-0.3, -0.25) is 4.68 Å². The molecule has 0 aliphatic carbocycles. The molecule has 0 aromatic carbocycles. The van der Waals surface area contributed by atoms with Crippen molar-refractivity contribution < 1.29 is 0 Å². The summed E-state index contributed by atoms with van der Waals surface area (Å²) in [7, 11) is 4.10. The lowest BCUT2D eigenvalue weighted by Crippen LogP contribution is -2.24. The van der Waals surface area contributed by atoms with E-state index in [-0.39, 0.29) is 0 Å². The molecule has 1 N–H and O–H groups in total. The Balaban J connectivity index is 1.76. The molecule has 0 radical (unpaired) electrons. The molecule has 7 nitrogen and oxygen atoms in total. The number of nitrogens with one attached hydrogen (secondary N) is 1. The lowest BCUT2D eigenvalue weighted by molar-refractivity contribution is 0.729. The first-order chi connectivity index (χ1) is 12.4. The van der Waals surface area contributed by atoms with Crippen molar-refractivity contribution in [2.45, 2.75) is 40.2 Å². The van der Waals surface area contributed by atoms with E-state index in [1.807, 2.05) is 11.7 Å². The molecule has 3 aromatic heterocycles. The lowest BCUT2D eigenvalue weighted by atomic mass is 10.2. The summed E-state index contributed by atoms with van der Waals surface area (Å²) < 4.78 is 1.95. The monoisotopic (exact) mass is 353 g/mol. The minimum Gasteiger partial charge on any atom is -0.354 e. The molecule has 1 fully saturated rings. The summed E-state index contributed by atoms with van der Waals surface area (Å²) in [5, 5.41) is 5.62. The molecule has 0 spiro atoms. The van der Waals surface area contributed by atoms with Crippen LogP contribution in [0.1, 0.15) is 35.5 Å². The van der Waals surface area contributed by atoms with Crippen molar-refractivity contribution in [2.75, 3.05) is 29.9 Å². The molecular weight excluding hydrogens is 326 g/mol. The number of hydrogen-bond donors (Lipinski definition) is 1. The summed E-state index contributed by atoms with van der Waals surface area (Å²) in [6.07, 6.45) is 2.43. The SMILES string of the molecule is Cc1cc2c(N(C)Cc3c(C)nn(C)c3C)nc(N3CCCC3)nc2[nH]1. The van der Waals surface area contributed by atoms with Gasteiger partial charge in [0, 0.05) is 50.7 Å². The van der Waals surface area contributed by atoms with Gasteiger partial charge in [-0.1, -0.05) is 0 Å². The molecule has 7 heteroatoms. The van der Waals surface area contributed by atoms with E-state index in [2.05, 4.69) is 53.8 Å². The van der Waals surface area contributed by atoms with E-state index in [1.165, 1.54) is 24.1 Å². The fraction of sp³-hybridized carbons (Fsp3) is 0.526. The highest BCUT2D eigenvalue weighted by atomic mass is 15.3. The van der Waals surface area contributed by atoms with Crippen molar-refractivity contribution in [1.82, 2.24) is 24.7 Å². The molecule has 1 aliphatic heterocycles. The van der Waals surface area contributed by atoms with E-state index < -0.39 is 0 Å². The van der Waals surface area contributed by atoms with Crippen LogP contribution in [0.2, 0.25) is 0 Å². The van der Waals surface area contributed by atoms with Crippen LogP contribution in [0.25, 0.3) is 11.0 Å². The summed E-state index contributed by atoms with van der Waals surface area (Å²) >= 11 is 0. The van der Waals surface area contributed by atoms with Crippen LogP contribution in [0.5, 0.6) is 0 Å². The number of H-pyrrole nitrogens is 1. The fourth-order valence-corrected chi connectivity index (χ4v) is 3.82. The first-order valence-corrected chi connectivity index (χ1v) is 9.26.